The Bertz CT molecular complexity index is 909. The van der Waals surface area contributed by atoms with E-state index in [4.69, 9.17) is 5.11 Å². The molecule has 4 heterocycles. The van der Waals surface area contributed by atoms with Crippen molar-refractivity contribution in [3.05, 3.63) is 115 Å². The summed E-state index contributed by atoms with van der Waals surface area (Å²) >= 11 is 0. The number of pyridine rings is 4. The third-order valence-corrected chi connectivity index (χ3v) is 4.27. The van der Waals surface area contributed by atoms with Crippen LogP contribution in [0.4, 0.5) is 5.69 Å². The predicted octanol–water partition coefficient (Wildman–Crippen LogP) is 4.34. The Hall–Kier alpha value is -3.80. The summed E-state index contributed by atoms with van der Waals surface area (Å²) in [5.41, 5.74) is 2.73. The van der Waals surface area contributed by atoms with Crippen LogP contribution in [-0.4, -0.2) is 19.9 Å². The van der Waals surface area contributed by atoms with Gasteiger partial charge in [0.2, 0.25) is 0 Å². The highest BCUT2D eigenvalue weighted by Crippen LogP contribution is 2.41. The van der Waals surface area contributed by atoms with E-state index < -0.39 is 5.54 Å². The van der Waals surface area contributed by atoms with Crippen molar-refractivity contribution in [1.82, 2.24) is 19.9 Å². The van der Waals surface area contributed by atoms with Crippen molar-refractivity contribution in [1.29, 1.82) is 0 Å². The first-order valence-corrected chi connectivity index (χ1v) is 8.44. The quantitative estimate of drug-likeness (QED) is 0.501. The first-order valence-electron chi connectivity index (χ1n) is 8.44. The maximum Gasteiger partial charge on any atom is 0.157 e. The minimum atomic E-state index is -0.849. The zero-order valence-electron chi connectivity index (χ0n) is 14.4. The molecule has 0 aromatic carbocycles. The molecule has 0 aliphatic rings. The van der Waals surface area contributed by atoms with Gasteiger partial charge in [0.05, 0.1) is 5.69 Å². The van der Waals surface area contributed by atoms with E-state index in [1.54, 1.807) is 49.6 Å². The molecular formula is C21H16N6. The number of azo groups is 1. The van der Waals surface area contributed by atoms with E-state index in [0.717, 1.165) is 22.4 Å². The second-order valence-electron chi connectivity index (χ2n) is 5.82. The molecule has 0 fully saturated rings. The highest BCUT2D eigenvalue weighted by Gasteiger charge is 2.37. The molecular weight excluding hydrogens is 336 g/mol. The van der Waals surface area contributed by atoms with Crippen molar-refractivity contribution in [2.45, 2.75) is 5.54 Å². The molecule has 0 amide bonds. The molecule has 0 aliphatic carbocycles. The van der Waals surface area contributed by atoms with Crippen molar-refractivity contribution in [3.63, 3.8) is 0 Å². The Kier molecular flexibility index (Phi) is 4.70. The first kappa shape index (κ1) is 16.7. The molecule has 0 unspecified atom stereocenters. The maximum absolute atomic E-state index is 4.85. The standard InChI is InChI=1S/C21H16N6/c1-9-22-10-2-17(1)21(18-3-11-23-12-4-18,19-5-13-24-14-6-19)27-26-20-7-15-25-16-8-20/h1-16H. The predicted molar refractivity (Wildman–Crippen MR) is 101 cm³/mol. The second kappa shape index (κ2) is 7.61. The lowest BCUT2D eigenvalue weighted by Gasteiger charge is -2.30. The Balaban J connectivity index is 1.99. The van der Waals surface area contributed by atoms with Crippen LogP contribution in [0.5, 0.6) is 0 Å². The van der Waals surface area contributed by atoms with Gasteiger partial charge in [-0.05, 0) is 65.2 Å². The van der Waals surface area contributed by atoms with Crippen molar-refractivity contribution < 1.29 is 0 Å². The highest BCUT2D eigenvalue weighted by atomic mass is 15.2. The number of hydrogen-bond acceptors (Lipinski definition) is 6. The Morgan fingerprint density at radius 1 is 0.481 bits per heavy atom. The summed E-state index contributed by atoms with van der Waals surface area (Å²) in [5, 5.41) is 9.38. The molecule has 4 aromatic heterocycles. The molecule has 0 atom stereocenters. The summed E-state index contributed by atoms with van der Waals surface area (Å²) in [6, 6.07) is 15.3. The van der Waals surface area contributed by atoms with Gasteiger partial charge in [0.15, 0.2) is 5.54 Å². The first-order chi connectivity index (χ1) is 13.4. The van der Waals surface area contributed by atoms with E-state index in [9.17, 15) is 0 Å². The molecule has 0 N–H and O–H groups in total. The molecule has 0 saturated carbocycles. The third kappa shape index (κ3) is 3.32. The molecule has 6 nitrogen and oxygen atoms in total. The van der Waals surface area contributed by atoms with E-state index in [2.05, 4.69) is 25.1 Å². The van der Waals surface area contributed by atoms with Gasteiger partial charge in [0, 0.05) is 49.6 Å². The molecule has 0 radical (unpaired) electrons. The molecule has 130 valence electrons. The van der Waals surface area contributed by atoms with Crippen molar-refractivity contribution >= 4 is 5.69 Å². The molecule has 4 aromatic rings. The summed E-state index contributed by atoms with van der Waals surface area (Å²) in [7, 11) is 0. The largest absolute Gasteiger partial charge is 0.265 e. The number of rotatable bonds is 5. The Morgan fingerprint density at radius 3 is 1.19 bits per heavy atom. The van der Waals surface area contributed by atoms with Gasteiger partial charge in [-0.15, -0.1) is 0 Å². The summed E-state index contributed by atoms with van der Waals surface area (Å²) in [5.74, 6) is 0. The zero-order valence-corrected chi connectivity index (χ0v) is 14.4. The molecule has 0 saturated heterocycles. The van der Waals surface area contributed by atoms with E-state index >= 15 is 0 Å². The SMILES string of the molecule is c1cc(N=NC(c2ccncc2)(c2ccncc2)c2ccncc2)ccn1. The second-order valence-corrected chi connectivity index (χ2v) is 5.82. The van der Waals surface area contributed by atoms with Crippen LogP contribution < -0.4 is 0 Å². The average Bonchev–Trinajstić information content (AvgIpc) is 2.77. The smallest absolute Gasteiger partial charge is 0.157 e. The number of hydrogen-bond donors (Lipinski definition) is 0. The Labute approximate surface area is 156 Å². The molecule has 27 heavy (non-hydrogen) atoms. The van der Waals surface area contributed by atoms with Gasteiger partial charge < -0.3 is 0 Å². The van der Waals surface area contributed by atoms with E-state index in [1.165, 1.54) is 0 Å². The molecule has 4 rings (SSSR count). The van der Waals surface area contributed by atoms with Gasteiger partial charge in [0.25, 0.3) is 0 Å². The van der Waals surface area contributed by atoms with Gasteiger partial charge in [-0.3, -0.25) is 19.9 Å². The lowest BCUT2D eigenvalue weighted by Crippen LogP contribution is -2.27. The summed E-state index contributed by atoms with van der Waals surface area (Å²) in [4.78, 5) is 16.5. The minimum absolute atomic E-state index is 0.728. The summed E-state index contributed by atoms with van der Waals surface area (Å²) in [6.07, 6.45) is 13.9. The molecule has 0 aliphatic heterocycles. The fourth-order valence-corrected chi connectivity index (χ4v) is 3.00. The lowest BCUT2D eigenvalue weighted by atomic mass is 9.79. The van der Waals surface area contributed by atoms with Crippen LogP contribution in [0.15, 0.2) is 108 Å². The minimum Gasteiger partial charge on any atom is -0.265 e. The van der Waals surface area contributed by atoms with E-state index in [0.29, 0.717) is 0 Å². The molecule has 6 heteroatoms. The van der Waals surface area contributed by atoms with Gasteiger partial charge in [-0.25, -0.2) is 0 Å². The summed E-state index contributed by atoms with van der Waals surface area (Å²) < 4.78 is 0. The van der Waals surface area contributed by atoms with E-state index in [-0.39, 0.29) is 0 Å². The van der Waals surface area contributed by atoms with Gasteiger partial charge >= 0.3 is 0 Å². The van der Waals surface area contributed by atoms with Crippen molar-refractivity contribution in [2.75, 3.05) is 0 Å². The maximum atomic E-state index is 4.85. The number of aromatic nitrogens is 4. The van der Waals surface area contributed by atoms with Crippen LogP contribution in [0.1, 0.15) is 16.7 Å². The van der Waals surface area contributed by atoms with Crippen LogP contribution in [0.2, 0.25) is 0 Å². The Morgan fingerprint density at radius 2 is 0.815 bits per heavy atom. The van der Waals surface area contributed by atoms with Crippen LogP contribution >= 0.6 is 0 Å². The summed E-state index contributed by atoms with van der Waals surface area (Å²) in [6.45, 7) is 0. The monoisotopic (exact) mass is 352 g/mol. The van der Waals surface area contributed by atoms with Crippen LogP contribution in [0, 0.1) is 0 Å². The third-order valence-electron chi connectivity index (χ3n) is 4.27. The van der Waals surface area contributed by atoms with Crippen LogP contribution in [0.25, 0.3) is 0 Å². The highest BCUT2D eigenvalue weighted by molar-refractivity contribution is 5.48. The fourth-order valence-electron chi connectivity index (χ4n) is 3.00. The zero-order chi connectivity index (χ0) is 18.4. The average molecular weight is 352 g/mol. The molecule has 0 spiro atoms. The fraction of sp³-hybridized carbons (Fsp3) is 0.0476. The lowest BCUT2D eigenvalue weighted by molar-refractivity contribution is 0.615. The molecule has 0 bridgehead atoms. The topological polar surface area (TPSA) is 76.3 Å². The van der Waals surface area contributed by atoms with Crippen molar-refractivity contribution in [3.8, 4) is 0 Å². The van der Waals surface area contributed by atoms with Crippen LogP contribution in [-0.2, 0) is 5.54 Å². The normalized spacial score (nSPS) is 11.6. The van der Waals surface area contributed by atoms with Crippen LogP contribution in [0.3, 0.4) is 0 Å². The number of nitrogens with zero attached hydrogens (tertiary/aromatic N) is 6. The van der Waals surface area contributed by atoms with E-state index in [1.807, 2.05) is 48.5 Å². The van der Waals surface area contributed by atoms with Gasteiger partial charge in [-0.2, -0.15) is 10.2 Å². The van der Waals surface area contributed by atoms with Crippen molar-refractivity contribution in [2.24, 2.45) is 10.2 Å². The van der Waals surface area contributed by atoms with Gasteiger partial charge in [-0.1, -0.05) is 0 Å². The van der Waals surface area contributed by atoms with Gasteiger partial charge in [0.1, 0.15) is 0 Å².